The van der Waals surface area contributed by atoms with Gasteiger partial charge in [-0.3, -0.25) is 0 Å². The van der Waals surface area contributed by atoms with Gasteiger partial charge in [-0.1, -0.05) is 0 Å². The van der Waals surface area contributed by atoms with Gasteiger partial charge in [0, 0.05) is 6.20 Å². The zero-order chi connectivity index (χ0) is 11.4. The van der Waals surface area contributed by atoms with Crippen molar-refractivity contribution in [2.45, 2.75) is 6.43 Å². The second-order valence-corrected chi connectivity index (χ2v) is 2.63. The molecule has 0 atom stereocenters. The van der Waals surface area contributed by atoms with Crippen LogP contribution in [0.4, 0.5) is 14.5 Å². The van der Waals surface area contributed by atoms with E-state index in [2.05, 4.69) is 9.72 Å². The standard InChI is InChI=1S/C8H8F2N2O3/c9-6(10)3-15-7-5(11)1-4(2-12-7)8(13)14/h1-2,6H,3,11H2,(H,13,14). The smallest absolute Gasteiger partial charge is 0.337 e. The van der Waals surface area contributed by atoms with Crippen LogP contribution >= 0.6 is 0 Å². The Morgan fingerprint density at radius 3 is 2.80 bits per heavy atom. The largest absolute Gasteiger partial charge is 0.478 e. The summed E-state index contributed by atoms with van der Waals surface area (Å²) >= 11 is 0. The number of pyridine rings is 1. The van der Waals surface area contributed by atoms with Gasteiger partial charge in [0.25, 0.3) is 6.43 Å². The Balaban J connectivity index is 2.79. The minimum Gasteiger partial charge on any atom is -0.478 e. The molecule has 82 valence electrons. The number of carboxylic acids is 1. The van der Waals surface area contributed by atoms with Gasteiger partial charge < -0.3 is 15.6 Å². The Bertz CT molecular complexity index is 371. The molecule has 0 aromatic carbocycles. The number of hydrogen-bond acceptors (Lipinski definition) is 4. The molecule has 0 spiro atoms. The second-order valence-electron chi connectivity index (χ2n) is 2.63. The van der Waals surface area contributed by atoms with E-state index in [4.69, 9.17) is 10.8 Å². The van der Waals surface area contributed by atoms with Crippen LogP contribution in [0.1, 0.15) is 10.4 Å². The van der Waals surface area contributed by atoms with Gasteiger partial charge in [-0.15, -0.1) is 0 Å². The van der Waals surface area contributed by atoms with Crippen molar-refractivity contribution in [1.29, 1.82) is 0 Å². The number of rotatable bonds is 4. The van der Waals surface area contributed by atoms with Crippen LogP contribution in [-0.4, -0.2) is 29.1 Å². The molecule has 1 aromatic rings. The van der Waals surface area contributed by atoms with Crippen LogP contribution in [0.5, 0.6) is 5.88 Å². The molecule has 0 saturated carbocycles. The number of nitrogens with two attached hydrogens (primary N) is 1. The molecule has 0 aliphatic carbocycles. The van der Waals surface area contributed by atoms with Gasteiger partial charge in [0.05, 0.1) is 11.3 Å². The lowest BCUT2D eigenvalue weighted by molar-refractivity contribution is 0.0694. The van der Waals surface area contributed by atoms with Gasteiger partial charge in [-0.2, -0.15) is 0 Å². The Labute approximate surface area is 83.5 Å². The predicted molar refractivity (Wildman–Crippen MR) is 47.1 cm³/mol. The summed E-state index contributed by atoms with van der Waals surface area (Å²) in [4.78, 5) is 14.0. The maximum absolute atomic E-state index is 11.8. The fraction of sp³-hybridized carbons (Fsp3) is 0.250. The van der Waals surface area contributed by atoms with Crippen LogP contribution in [0, 0.1) is 0 Å². The second kappa shape index (κ2) is 4.54. The quantitative estimate of drug-likeness (QED) is 0.787. The van der Waals surface area contributed by atoms with Crippen molar-refractivity contribution in [2.24, 2.45) is 0 Å². The van der Waals surface area contributed by atoms with Crippen molar-refractivity contribution in [2.75, 3.05) is 12.3 Å². The molecule has 1 rings (SSSR count). The zero-order valence-corrected chi connectivity index (χ0v) is 7.48. The van der Waals surface area contributed by atoms with E-state index in [9.17, 15) is 13.6 Å². The number of ether oxygens (including phenoxy) is 1. The van der Waals surface area contributed by atoms with E-state index < -0.39 is 19.0 Å². The molecule has 1 aromatic heterocycles. The Hall–Kier alpha value is -1.92. The number of carbonyl (C=O) groups is 1. The molecular formula is C8H8F2N2O3. The lowest BCUT2D eigenvalue weighted by Crippen LogP contribution is -2.10. The Morgan fingerprint density at radius 1 is 1.67 bits per heavy atom. The van der Waals surface area contributed by atoms with E-state index in [1.165, 1.54) is 0 Å². The molecule has 5 nitrogen and oxygen atoms in total. The summed E-state index contributed by atoms with van der Waals surface area (Å²) in [6.07, 6.45) is -1.65. The SMILES string of the molecule is Nc1cc(C(=O)O)cnc1OCC(F)F. The summed E-state index contributed by atoms with van der Waals surface area (Å²) in [5.41, 5.74) is 5.13. The number of aromatic carboxylic acids is 1. The summed E-state index contributed by atoms with van der Waals surface area (Å²) in [6, 6.07) is 1.09. The van der Waals surface area contributed by atoms with Crippen LogP contribution in [0.3, 0.4) is 0 Å². The third-order valence-electron chi connectivity index (χ3n) is 1.47. The van der Waals surface area contributed by atoms with E-state index in [-0.39, 0.29) is 17.1 Å². The Morgan fingerprint density at radius 2 is 2.33 bits per heavy atom. The third kappa shape index (κ3) is 3.04. The maximum atomic E-state index is 11.8. The number of nitrogen functional groups attached to an aromatic ring is 1. The van der Waals surface area contributed by atoms with Crippen LogP contribution in [0.15, 0.2) is 12.3 Å². The van der Waals surface area contributed by atoms with Crippen LogP contribution < -0.4 is 10.5 Å². The predicted octanol–water partition coefficient (Wildman–Crippen LogP) is 1.01. The molecule has 0 fully saturated rings. The number of alkyl halides is 2. The third-order valence-corrected chi connectivity index (χ3v) is 1.47. The molecular weight excluding hydrogens is 210 g/mol. The molecule has 0 aliphatic heterocycles. The van der Waals surface area contributed by atoms with Crippen molar-refractivity contribution in [1.82, 2.24) is 4.98 Å². The molecule has 0 aliphatic rings. The average Bonchev–Trinajstić information content (AvgIpc) is 2.15. The van der Waals surface area contributed by atoms with E-state index in [0.717, 1.165) is 12.3 Å². The summed E-state index contributed by atoms with van der Waals surface area (Å²) in [7, 11) is 0. The van der Waals surface area contributed by atoms with Gasteiger partial charge in [-0.25, -0.2) is 18.6 Å². The van der Waals surface area contributed by atoms with Crippen molar-refractivity contribution >= 4 is 11.7 Å². The van der Waals surface area contributed by atoms with Crippen LogP contribution in [-0.2, 0) is 0 Å². The van der Waals surface area contributed by atoms with Crippen LogP contribution in [0.25, 0.3) is 0 Å². The normalized spacial score (nSPS) is 10.3. The lowest BCUT2D eigenvalue weighted by Gasteiger charge is -2.07. The fourth-order valence-corrected chi connectivity index (χ4v) is 0.849. The minimum atomic E-state index is -2.63. The first-order valence-corrected chi connectivity index (χ1v) is 3.90. The first-order valence-electron chi connectivity index (χ1n) is 3.90. The van der Waals surface area contributed by atoms with Gasteiger partial charge in [0.15, 0.2) is 6.61 Å². The van der Waals surface area contributed by atoms with Crippen molar-refractivity contribution in [3.05, 3.63) is 17.8 Å². The maximum Gasteiger partial charge on any atom is 0.337 e. The molecule has 0 amide bonds. The van der Waals surface area contributed by atoms with Crippen molar-refractivity contribution < 1.29 is 23.4 Å². The lowest BCUT2D eigenvalue weighted by atomic mass is 10.2. The molecule has 7 heteroatoms. The van der Waals surface area contributed by atoms with Crippen molar-refractivity contribution in [3.63, 3.8) is 0 Å². The van der Waals surface area contributed by atoms with E-state index >= 15 is 0 Å². The summed E-state index contributed by atoms with van der Waals surface area (Å²) in [5, 5.41) is 8.56. The summed E-state index contributed by atoms with van der Waals surface area (Å²) < 4.78 is 28.1. The monoisotopic (exact) mass is 218 g/mol. The topological polar surface area (TPSA) is 85.4 Å². The highest BCUT2D eigenvalue weighted by Crippen LogP contribution is 2.19. The number of anilines is 1. The molecule has 0 unspecified atom stereocenters. The molecule has 3 N–H and O–H groups in total. The molecule has 0 saturated heterocycles. The summed E-state index contributed by atoms with van der Waals surface area (Å²) in [5.74, 6) is -1.39. The van der Waals surface area contributed by atoms with Gasteiger partial charge in [0.1, 0.15) is 0 Å². The van der Waals surface area contributed by atoms with E-state index in [0.29, 0.717) is 0 Å². The number of nitrogens with zero attached hydrogens (tertiary/aromatic N) is 1. The van der Waals surface area contributed by atoms with Crippen LogP contribution in [0.2, 0.25) is 0 Å². The van der Waals surface area contributed by atoms with Gasteiger partial charge in [-0.05, 0) is 6.07 Å². The zero-order valence-electron chi connectivity index (χ0n) is 7.48. The fourth-order valence-electron chi connectivity index (χ4n) is 0.849. The summed E-state index contributed by atoms with van der Waals surface area (Å²) in [6.45, 7) is -0.830. The highest BCUT2D eigenvalue weighted by atomic mass is 19.3. The highest BCUT2D eigenvalue weighted by molar-refractivity contribution is 5.88. The minimum absolute atomic E-state index is 0.0875. The molecule has 0 bridgehead atoms. The van der Waals surface area contributed by atoms with Crippen molar-refractivity contribution in [3.8, 4) is 5.88 Å². The number of hydrogen-bond donors (Lipinski definition) is 2. The first kappa shape index (κ1) is 11.2. The number of halogens is 2. The van der Waals surface area contributed by atoms with E-state index in [1.54, 1.807) is 0 Å². The van der Waals surface area contributed by atoms with Gasteiger partial charge in [0.2, 0.25) is 5.88 Å². The molecule has 0 radical (unpaired) electrons. The van der Waals surface area contributed by atoms with Gasteiger partial charge >= 0.3 is 5.97 Å². The highest BCUT2D eigenvalue weighted by Gasteiger charge is 2.10. The van der Waals surface area contributed by atoms with E-state index in [1.807, 2.05) is 0 Å². The number of carboxylic acid groups (broad SMARTS) is 1. The number of aromatic nitrogens is 1. The first-order chi connectivity index (χ1) is 7.00. The Kier molecular flexibility index (Phi) is 3.37. The molecule has 1 heterocycles. The molecule has 15 heavy (non-hydrogen) atoms. The average molecular weight is 218 g/mol.